The van der Waals surface area contributed by atoms with Crippen LogP contribution in [-0.4, -0.2) is 91.0 Å². The Bertz CT molecular complexity index is 306. The van der Waals surface area contributed by atoms with Gasteiger partial charge in [0.1, 0.15) is 30.5 Å². The lowest BCUT2D eigenvalue weighted by Gasteiger charge is -2.44. The van der Waals surface area contributed by atoms with Gasteiger partial charge in [0, 0.05) is 0 Å². The summed E-state index contributed by atoms with van der Waals surface area (Å²) in [6.07, 6.45) is -8.67. The molecule has 0 saturated carbocycles. The van der Waals surface area contributed by atoms with E-state index in [1.807, 2.05) is 0 Å². The third-order valence-electron chi connectivity index (χ3n) is 2.97. The first-order valence-corrected chi connectivity index (χ1v) is 5.16. The van der Waals surface area contributed by atoms with Crippen LogP contribution in [0, 0.1) is 0 Å². The second-order valence-electron chi connectivity index (χ2n) is 4.14. The molecule has 0 radical (unpaired) electrons. The molecule has 9 heteroatoms. The SMILES string of the molecule is O=C(O)[C@](O)(CO)[C@H]1O[C@H](CO)[C@@H](O)[C@H](O)[C@H]1O. The predicted octanol–water partition coefficient (Wildman–Crippen LogP) is -4.36. The molecule has 9 nitrogen and oxygen atoms in total. The molecular weight excluding hydrogens is 252 g/mol. The summed E-state index contributed by atoms with van der Waals surface area (Å²) < 4.78 is 4.85. The Morgan fingerprint density at radius 3 is 2.06 bits per heavy atom. The zero-order chi connectivity index (χ0) is 14.1. The Balaban J connectivity index is 3.04. The normalized spacial score (nSPS) is 40.2. The summed E-state index contributed by atoms with van der Waals surface area (Å²) in [6, 6.07) is 0. The zero-order valence-corrected chi connectivity index (χ0v) is 9.25. The van der Waals surface area contributed by atoms with Gasteiger partial charge in [0.25, 0.3) is 0 Å². The van der Waals surface area contributed by atoms with Crippen LogP contribution in [0.1, 0.15) is 0 Å². The fourth-order valence-corrected chi connectivity index (χ4v) is 1.78. The minimum atomic E-state index is -2.85. The quantitative estimate of drug-likeness (QED) is 0.266. The molecule has 1 aliphatic heterocycles. The molecule has 0 aromatic carbocycles. The van der Waals surface area contributed by atoms with E-state index in [1.165, 1.54) is 0 Å². The Morgan fingerprint density at radius 2 is 1.67 bits per heavy atom. The first-order valence-electron chi connectivity index (χ1n) is 5.16. The molecule has 1 heterocycles. The summed E-state index contributed by atoms with van der Waals surface area (Å²) in [5.74, 6) is -1.87. The molecule has 7 N–H and O–H groups in total. The molecule has 0 aliphatic carbocycles. The second kappa shape index (κ2) is 5.45. The highest BCUT2D eigenvalue weighted by Crippen LogP contribution is 2.28. The Morgan fingerprint density at radius 1 is 1.11 bits per heavy atom. The predicted molar refractivity (Wildman–Crippen MR) is 53.4 cm³/mol. The molecule has 1 fully saturated rings. The molecule has 1 rings (SSSR count). The molecule has 0 spiro atoms. The monoisotopic (exact) mass is 268 g/mol. The van der Waals surface area contributed by atoms with Crippen molar-refractivity contribution in [3.05, 3.63) is 0 Å². The van der Waals surface area contributed by atoms with Crippen LogP contribution in [-0.2, 0) is 9.53 Å². The van der Waals surface area contributed by atoms with E-state index >= 15 is 0 Å². The second-order valence-corrected chi connectivity index (χ2v) is 4.14. The van der Waals surface area contributed by atoms with Gasteiger partial charge in [0.15, 0.2) is 0 Å². The van der Waals surface area contributed by atoms with Crippen molar-refractivity contribution in [3.8, 4) is 0 Å². The van der Waals surface area contributed by atoms with Gasteiger partial charge in [-0.3, -0.25) is 0 Å². The summed E-state index contributed by atoms with van der Waals surface area (Å²) >= 11 is 0. The van der Waals surface area contributed by atoms with Crippen molar-refractivity contribution in [2.24, 2.45) is 0 Å². The summed E-state index contributed by atoms with van der Waals surface area (Å²) in [6.45, 7) is -2.03. The van der Waals surface area contributed by atoms with Crippen molar-refractivity contribution in [3.63, 3.8) is 0 Å². The van der Waals surface area contributed by atoms with Gasteiger partial charge >= 0.3 is 5.97 Å². The average molecular weight is 268 g/mol. The lowest BCUT2D eigenvalue weighted by molar-refractivity contribution is -0.274. The molecule has 0 aromatic rings. The van der Waals surface area contributed by atoms with Crippen molar-refractivity contribution >= 4 is 5.97 Å². The third kappa shape index (κ3) is 2.34. The number of ether oxygens (including phenoxy) is 1. The fraction of sp³-hybridized carbons (Fsp3) is 0.889. The molecule has 0 unspecified atom stereocenters. The summed E-state index contributed by atoms with van der Waals surface area (Å²) in [5, 5.41) is 64.8. The lowest BCUT2D eigenvalue weighted by Crippen LogP contribution is -2.68. The van der Waals surface area contributed by atoms with E-state index in [4.69, 9.17) is 20.1 Å². The highest BCUT2D eigenvalue weighted by molar-refractivity contribution is 5.78. The van der Waals surface area contributed by atoms with Crippen molar-refractivity contribution in [2.75, 3.05) is 13.2 Å². The molecule has 6 atom stereocenters. The number of carboxylic acid groups (broad SMARTS) is 1. The number of aliphatic hydroxyl groups excluding tert-OH is 5. The van der Waals surface area contributed by atoms with Crippen LogP contribution < -0.4 is 0 Å². The van der Waals surface area contributed by atoms with Gasteiger partial charge in [-0.15, -0.1) is 0 Å². The smallest absolute Gasteiger partial charge is 0.341 e. The average Bonchev–Trinajstić information content (AvgIpc) is 2.35. The molecule has 1 aliphatic rings. The lowest BCUT2D eigenvalue weighted by atomic mass is 9.85. The summed E-state index contributed by atoms with van der Waals surface area (Å²) in [4.78, 5) is 10.9. The molecule has 1 saturated heterocycles. The van der Waals surface area contributed by atoms with E-state index < -0.39 is 55.3 Å². The Hall–Kier alpha value is -0.810. The standard InChI is InChI=1S/C9H16O9/c10-1-3-4(12)5(13)6(14)7(18-3)9(17,2-11)8(15)16/h3-7,10-14,17H,1-2H2,(H,15,16)/t3-,4-,5+,6-,7+,9+/m1/s1. The highest BCUT2D eigenvalue weighted by Gasteiger charge is 2.55. The molecule has 0 amide bonds. The molecule has 106 valence electrons. The molecule has 0 bridgehead atoms. The number of carbonyl (C=O) groups is 1. The van der Waals surface area contributed by atoms with E-state index in [9.17, 15) is 25.2 Å². The topological polar surface area (TPSA) is 168 Å². The van der Waals surface area contributed by atoms with Crippen LogP contribution in [0.15, 0.2) is 0 Å². The van der Waals surface area contributed by atoms with Gasteiger partial charge in [-0.25, -0.2) is 4.79 Å². The van der Waals surface area contributed by atoms with Gasteiger partial charge in [-0.05, 0) is 0 Å². The Kier molecular flexibility index (Phi) is 4.61. The van der Waals surface area contributed by atoms with Crippen molar-refractivity contribution < 1.29 is 45.3 Å². The van der Waals surface area contributed by atoms with Crippen molar-refractivity contribution in [2.45, 2.75) is 36.1 Å². The van der Waals surface area contributed by atoms with E-state index in [0.29, 0.717) is 0 Å². The van der Waals surface area contributed by atoms with Crippen LogP contribution in [0.5, 0.6) is 0 Å². The van der Waals surface area contributed by atoms with Gasteiger partial charge < -0.3 is 40.5 Å². The summed E-state index contributed by atoms with van der Waals surface area (Å²) in [5.41, 5.74) is -2.85. The van der Waals surface area contributed by atoms with Crippen molar-refractivity contribution in [1.82, 2.24) is 0 Å². The van der Waals surface area contributed by atoms with E-state index in [1.54, 1.807) is 0 Å². The number of hydrogen-bond donors (Lipinski definition) is 7. The number of hydrogen-bond acceptors (Lipinski definition) is 8. The highest BCUT2D eigenvalue weighted by atomic mass is 16.6. The van der Waals surface area contributed by atoms with E-state index in [0.717, 1.165) is 0 Å². The molecule has 0 aromatic heterocycles. The number of carboxylic acids is 1. The van der Waals surface area contributed by atoms with E-state index in [-0.39, 0.29) is 0 Å². The fourth-order valence-electron chi connectivity index (χ4n) is 1.78. The van der Waals surface area contributed by atoms with Crippen molar-refractivity contribution in [1.29, 1.82) is 0 Å². The van der Waals surface area contributed by atoms with Crippen LogP contribution >= 0.6 is 0 Å². The zero-order valence-electron chi connectivity index (χ0n) is 9.25. The minimum Gasteiger partial charge on any atom is -0.479 e. The number of rotatable bonds is 4. The maximum Gasteiger partial charge on any atom is 0.341 e. The van der Waals surface area contributed by atoms with Crippen LogP contribution in [0.4, 0.5) is 0 Å². The van der Waals surface area contributed by atoms with Gasteiger partial charge in [0.05, 0.1) is 13.2 Å². The Labute approximate surface area is 101 Å². The van der Waals surface area contributed by atoms with Crippen LogP contribution in [0.2, 0.25) is 0 Å². The molecule has 18 heavy (non-hydrogen) atoms. The van der Waals surface area contributed by atoms with E-state index in [2.05, 4.69) is 0 Å². The van der Waals surface area contributed by atoms with Crippen LogP contribution in [0.25, 0.3) is 0 Å². The largest absolute Gasteiger partial charge is 0.479 e. The number of aliphatic hydroxyl groups is 6. The third-order valence-corrected chi connectivity index (χ3v) is 2.97. The first kappa shape index (κ1) is 15.2. The maximum absolute atomic E-state index is 10.9. The first-order chi connectivity index (χ1) is 8.29. The maximum atomic E-state index is 10.9. The molecular formula is C9H16O9. The number of aliphatic carboxylic acids is 1. The van der Waals surface area contributed by atoms with Gasteiger partial charge in [-0.2, -0.15) is 0 Å². The summed E-state index contributed by atoms with van der Waals surface area (Å²) in [7, 11) is 0. The minimum absolute atomic E-state index is 0.761. The van der Waals surface area contributed by atoms with Crippen LogP contribution in [0.3, 0.4) is 0 Å². The van der Waals surface area contributed by atoms with Gasteiger partial charge in [-0.1, -0.05) is 0 Å². The van der Waals surface area contributed by atoms with Gasteiger partial charge in [0.2, 0.25) is 5.60 Å².